The molecule has 3 N–H and O–H groups in total. The van der Waals surface area contributed by atoms with Crippen molar-refractivity contribution < 1.29 is 13.2 Å². The highest BCUT2D eigenvalue weighted by Crippen LogP contribution is 1.97. The summed E-state index contributed by atoms with van der Waals surface area (Å²) in [4.78, 5) is 15.9. The number of carbonyl (C=O) groups is 1. The molecule has 0 radical (unpaired) electrons. The number of rotatable bonds is 8. The predicted octanol–water partition coefficient (Wildman–Crippen LogP) is 0.291. The summed E-state index contributed by atoms with van der Waals surface area (Å²) in [7, 11) is -1.39. The first-order valence-electron chi connectivity index (χ1n) is 7.75. The van der Waals surface area contributed by atoms with Crippen LogP contribution in [0.15, 0.2) is 35.3 Å². The Morgan fingerprint density at radius 3 is 2.46 bits per heavy atom. The maximum Gasteiger partial charge on any atom is 0.239 e. The molecule has 0 aliphatic heterocycles. The highest BCUT2D eigenvalue weighted by molar-refractivity contribution is 7.90. The number of sulfone groups is 1. The molecular formula is C16H26N4O3S. The number of guanidine groups is 1. The number of benzene rings is 1. The van der Waals surface area contributed by atoms with Crippen LogP contribution >= 0.6 is 0 Å². The molecule has 0 aliphatic carbocycles. The van der Waals surface area contributed by atoms with E-state index >= 15 is 0 Å². The van der Waals surface area contributed by atoms with Gasteiger partial charge in [0, 0.05) is 25.9 Å². The van der Waals surface area contributed by atoms with E-state index < -0.39 is 9.84 Å². The lowest BCUT2D eigenvalue weighted by atomic mass is 10.2. The largest absolute Gasteiger partial charge is 0.354 e. The fraction of sp³-hybridized carbons (Fsp3) is 0.500. The van der Waals surface area contributed by atoms with Gasteiger partial charge in [-0.3, -0.25) is 9.79 Å². The molecule has 1 aromatic carbocycles. The van der Waals surface area contributed by atoms with Crippen molar-refractivity contribution in [3.05, 3.63) is 35.9 Å². The van der Waals surface area contributed by atoms with Crippen LogP contribution in [-0.2, 0) is 21.2 Å². The number of nitrogens with zero attached hydrogens (tertiary/aromatic N) is 1. The Hall–Kier alpha value is -2.09. The van der Waals surface area contributed by atoms with E-state index in [-0.39, 0.29) is 24.2 Å². The zero-order valence-corrected chi connectivity index (χ0v) is 15.2. The van der Waals surface area contributed by atoms with Gasteiger partial charge in [0.1, 0.15) is 9.84 Å². The highest BCUT2D eigenvalue weighted by Gasteiger charge is 2.10. The van der Waals surface area contributed by atoms with Crippen LogP contribution in [0.5, 0.6) is 0 Å². The van der Waals surface area contributed by atoms with Crippen molar-refractivity contribution in [3.8, 4) is 0 Å². The number of hydrogen-bond donors (Lipinski definition) is 3. The Balaban J connectivity index is 2.31. The molecule has 1 aromatic rings. The Morgan fingerprint density at radius 2 is 1.88 bits per heavy atom. The van der Waals surface area contributed by atoms with Crippen molar-refractivity contribution in [2.75, 3.05) is 25.6 Å². The van der Waals surface area contributed by atoms with Gasteiger partial charge in [-0.25, -0.2) is 8.42 Å². The van der Waals surface area contributed by atoms with E-state index in [2.05, 4.69) is 20.9 Å². The lowest BCUT2D eigenvalue weighted by Gasteiger charge is -2.17. The molecule has 24 heavy (non-hydrogen) atoms. The number of hydrogen-bond acceptors (Lipinski definition) is 4. The summed E-state index contributed by atoms with van der Waals surface area (Å²) >= 11 is 0. The third-order valence-corrected chi connectivity index (χ3v) is 4.25. The van der Waals surface area contributed by atoms with Crippen LogP contribution in [-0.4, -0.2) is 51.9 Å². The fourth-order valence-electron chi connectivity index (χ4n) is 1.91. The van der Waals surface area contributed by atoms with Crippen LogP contribution < -0.4 is 16.0 Å². The van der Waals surface area contributed by atoms with Crippen LogP contribution in [0.4, 0.5) is 0 Å². The van der Waals surface area contributed by atoms with Gasteiger partial charge in [0.2, 0.25) is 5.91 Å². The van der Waals surface area contributed by atoms with Crippen molar-refractivity contribution >= 4 is 21.7 Å². The summed E-state index contributed by atoms with van der Waals surface area (Å²) in [6.07, 6.45) is 1.68. The molecule has 7 nitrogen and oxygen atoms in total. The maximum absolute atomic E-state index is 11.8. The normalized spacial score (nSPS) is 13.2. The molecule has 0 heterocycles. The molecule has 0 spiro atoms. The van der Waals surface area contributed by atoms with Crippen molar-refractivity contribution in [1.82, 2.24) is 16.0 Å². The van der Waals surface area contributed by atoms with E-state index in [4.69, 9.17) is 0 Å². The maximum atomic E-state index is 11.8. The zero-order valence-electron chi connectivity index (χ0n) is 14.4. The van der Waals surface area contributed by atoms with Crippen LogP contribution in [0.3, 0.4) is 0 Å². The van der Waals surface area contributed by atoms with Crippen LogP contribution in [0.2, 0.25) is 0 Å². The molecule has 1 amide bonds. The van der Waals surface area contributed by atoms with E-state index in [1.165, 1.54) is 6.26 Å². The summed E-state index contributed by atoms with van der Waals surface area (Å²) in [5.41, 5.74) is 1.03. The molecule has 1 atom stereocenters. The minimum Gasteiger partial charge on any atom is -0.354 e. The van der Waals surface area contributed by atoms with Crippen molar-refractivity contribution in [1.29, 1.82) is 0 Å². The summed E-state index contributed by atoms with van der Waals surface area (Å²) in [5, 5.41) is 8.79. The Kier molecular flexibility index (Phi) is 8.25. The fourth-order valence-corrected chi connectivity index (χ4v) is 2.70. The molecular weight excluding hydrogens is 328 g/mol. The summed E-state index contributed by atoms with van der Waals surface area (Å²) in [6.45, 7) is 2.43. The summed E-state index contributed by atoms with van der Waals surface area (Å²) < 4.78 is 22.3. The topological polar surface area (TPSA) is 99.7 Å². The van der Waals surface area contributed by atoms with Gasteiger partial charge >= 0.3 is 0 Å². The number of carbonyl (C=O) groups excluding carboxylic acids is 1. The minimum atomic E-state index is -2.99. The van der Waals surface area contributed by atoms with Gasteiger partial charge in [-0.15, -0.1) is 0 Å². The number of aliphatic imine (C=N–C) groups is 1. The van der Waals surface area contributed by atoms with Gasteiger partial charge in [-0.05, 0) is 18.9 Å². The van der Waals surface area contributed by atoms with Gasteiger partial charge in [0.25, 0.3) is 0 Å². The van der Waals surface area contributed by atoms with Crippen LogP contribution in [0, 0.1) is 0 Å². The lowest BCUT2D eigenvalue weighted by Crippen LogP contribution is -2.46. The molecule has 0 fully saturated rings. The lowest BCUT2D eigenvalue weighted by molar-refractivity contribution is -0.120. The average Bonchev–Trinajstić information content (AvgIpc) is 2.55. The molecule has 1 rings (SSSR count). The van der Waals surface area contributed by atoms with Gasteiger partial charge in [-0.2, -0.15) is 0 Å². The van der Waals surface area contributed by atoms with Crippen LogP contribution in [0.1, 0.15) is 18.9 Å². The average molecular weight is 354 g/mol. The molecule has 0 bridgehead atoms. The Morgan fingerprint density at radius 1 is 1.21 bits per heavy atom. The van der Waals surface area contributed by atoms with Crippen molar-refractivity contribution in [2.45, 2.75) is 25.9 Å². The van der Waals surface area contributed by atoms with E-state index in [9.17, 15) is 13.2 Å². The minimum absolute atomic E-state index is 0.0710. The Labute approximate surface area is 143 Å². The van der Waals surface area contributed by atoms with Crippen LogP contribution in [0.25, 0.3) is 0 Å². The molecule has 0 saturated heterocycles. The van der Waals surface area contributed by atoms with E-state index in [0.29, 0.717) is 18.9 Å². The molecule has 0 saturated carbocycles. The zero-order chi connectivity index (χ0) is 18.0. The first-order valence-corrected chi connectivity index (χ1v) is 9.81. The smallest absolute Gasteiger partial charge is 0.239 e. The second-order valence-corrected chi connectivity index (χ2v) is 7.91. The van der Waals surface area contributed by atoms with E-state index in [0.717, 1.165) is 5.56 Å². The third-order valence-electron chi connectivity index (χ3n) is 3.28. The van der Waals surface area contributed by atoms with Gasteiger partial charge in [0.05, 0.1) is 12.3 Å². The summed E-state index contributed by atoms with van der Waals surface area (Å²) in [5.74, 6) is 0.423. The van der Waals surface area contributed by atoms with E-state index in [1.54, 1.807) is 7.05 Å². The quantitative estimate of drug-likeness (QED) is 0.460. The van der Waals surface area contributed by atoms with Gasteiger partial charge in [-0.1, -0.05) is 30.3 Å². The van der Waals surface area contributed by atoms with Crippen molar-refractivity contribution in [3.63, 3.8) is 0 Å². The highest BCUT2D eigenvalue weighted by atomic mass is 32.2. The molecule has 0 aromatic heterocycles. The molecule has 1 unspecified atom stereocenters. The monoisotopic (exact) mass is 354 g/mol. The molecule has 8 heteroatoms. The molecule has 134 valence electrons. The van der Waals surface area contributed by atoms with Gasteiger partial charge < -0.3 is 16.0 Å². The first-order chi connectivity index (χ1) is 11.3. The number of amides is 1. The number of nitrogens with one attached hydrogen (secondary N) is 3. The Bertz CT molecular complexity index is 645. The molecule has 0 aliphatic rings. The van der Waals surface area contributed by atoms with Gasteiger partial charge in [0.15, 0.2) is 5.96 Å². The standard InChI is InChI=1S/C16H26N4O3S/c1-13(9-10-24(3,22)23)20-16(17-2)19-12-15(21)18-11-14-7-5-4-6-8-14/h4-8,13H,9-12H2,1-3H3,(H,18,21)(H2,17,19,20). The van der Waals surface area contributed by atoms with Crippen molar-refractivity contribution in [2.24, 2.45) is 4.99 Å². The SMILES string of the molecule is CN=C(NCC(=O)NCc1ccccc1)NC(C)CCS(C)(=O)=O. The third kappa shape index (κ3) is 9.14. The second kappa shape index (κ2) is 9.92. The second-order valence-electron chi connectivity index (χ2n) is 5.65. The van der Waals surface area contributed by atoms with E-state index in [1.807, 2.05) is 37.3 Å². The summed E-state index contributed by atoms with van der Waals surface area (Å²) in [6, 6.07) is 9.58. The first kappa shape index (κ1) is 20.0. The predicted molar refractivity (Wildman–Crippen MR) is 96.6 cm³/mol.